The molecule has 1 aromatic carbocycles. The van der Waals surface area contributed by atoms with Crippen molar-refractivity contribution in [3.63, 3.8) is 0 Å². The van der Waals surface area contributed by atoms with Crippen molar-refractivity contribution in [3.8, 4) is 5.75 Å². The summed E-state index contributed by atoms with van der Waals surface area (Å²) < 4.78 is 10.4. The second-order valence-corrected chi connectivity index (χ2v) is 3.42. The number of aliphatic hydroxyl groups is 1. The van der Waals surface area contributed by atoms with Crippen molar-refractivity contribution in [2.45, 2.75) is 20.0 Å². The SMILES string of the molecule is CCOCC(O)c1cc(C)ccc1OC. The van der Waals surface area contributed by atoms with E-state index < -0.39 is 6.10 Å². The number of aliphatic hydroxyl groups excluding tert-OH is 1. The van der Waals surface area contributed by atoms with Crippen molar-refractivity contribution in [1.29, 1.82) is 0 Å². The second-order valence-electron chi connectivity index (χ2n) is 3.42. The zero-order chi connectivity index (χ0) is 11.3. The van der Waals surface area contributed by atoms with Crippen molar-refractivity contribution in [1.82, 2.24) is 0 Å². The fraction of sp³-hybridized carbons (Fsp3) is 0.500. The van der Waals surface area contributed by atoms with Crippen LogP contribution in [0, 0.1) is 6.92 Å². The normalized spacial score (nSPS) is 12.5. The average molecular weight is 210 g/mol. The minimum atomic E-state index is -0.625. The molecule has 0 aromatic heterocycles. The highest BCUT2D eigenvalue weighted by Crippen LogP contribution is 2.26. The fourth-order valence-electron chi connectivity index (χ4n) is 1.43. The Hall–Kier alpha value is -1.06. The van der Waals surface area contributed by atoms with Crippen LogP contribution < -0.4 is 4.74 Å². The van der Waals surface area contributed by atoms with Crippen molar-refractivity contribution < 1.29 is 14.6 Å². The van der Waals surface area contributed by atoms with Crippen molar-refractivity contribution >= 4 is 0 Å². The van der Waals surface area contributed by atoms with Crippen LogP contribution in [-0.2, 0) is 4.74 Å². The minimum Gasteiger partial charge on any atom is -0.496 e. The molecule has 3 heteroatoms. The molecular weight excluding hydrogens is 192 g/mol. The molecule has 0 spiro atoms. The molecule has 0 bridgehead atoms. The molecule has 1 atom stereocenters. The predicted octanol–water partition coefficient (Wildman–Crippen LogP) is 2.07. The molecule has 0 aliphatic carbocycles. The van der Waals surface area contributed by atoms with E-state index in [4.69, 9.17) is 9.47 Å². The number of aryl methyl sites for hydroxylation is 1. The smallest absolute Gasteiger partial charge is 0.124 e. The Morgan fingerprint density at radius 2 is 2.13 bits per heavy atom. The van der Waals surface area contributed by atoms with Gasteiger partial charge in [0.1, 0.15) is 11.9 Å². The highest BCUT2D eigenvalue weighted by Gasteiger charge is 2.13. The van der Waals surface area contributed by atoms with E-state index >= 15 is 0 Å². The van der Waals surface area contributed by atoms with Gasteiger partial charge in [-0.3, -0.25) is 0 Å². The molecule has 3 nitrogen and oxygen atoms in total. The summed E-state index contributed by atoms with van der Waals surface area (Å²) in [7, 11) is 1.60. The fourth-order valence-corrected chi connectivity index (χ4v) is 1.43. The Bertz CT molecular complexity index is 310. The Balaban J connectivity index is 2.85. The molecule has 0 fully saturated rings. The molecule has 0 amide bonds. The number of ether oxygens (including phenoxy) is 2. The summed E-state index contributed by atoms with van der Waals surface area (Å²) in [5, 5.41) is 9.88. The number of rotatable bonds is 5. The van der Waals surface area contributed by atoms with Gasteiger partial charge < -0.3 is 14.6 Å². The number of methoxy groups -OCH3 is 1. The summed E-state index contributed by atoms with van der Waals surface area (Å²) in [6.45, 7) is 4.79. The van der Waals surface area contributed by atoms with Gasteiger partial charge in [-0.2, -0.15) is 0 Å². The minimum absolute atomic E-state index is 0.302. The molecule has 0 saturated heterocycles. The third kappa shape index (κ3) is 3.22. The maximum Gasteiger partial charge on any atom is 0.124 e. The van der Waals surface area contributed by atoms with Gasteiger partial charge in [0.15, 0.2) is 0 Å². The van der Waals surface area contributed by atoms with Crippen LogP contribution in [0.2, 0.25) is 0 Å². The first-order valence-corrected chi connectivity index (χ1v) is 5.09. The van der Waals surface area contributed by atoms with Crippen molar-refractivity contribution in [3.05, 3.63) is 29.3 Å². The van der Waals surface area contributed by atoms with E-state index in [1.165, 1.54) is 0 Å². The summed E-state index contributed by atoms with van der Waals surface area (Å²) in [4.78, 5) is 0. The predicted molar refractivity (Wildman–Crippen MR) is 59.2 cm³/mol. The maximum atomic E-state index is 9.88. The van der Waals surface area contributed by atoms with Crippen LogP contribution in [-0.4, -0.2) is 25.4 Å². The topological polar surface area (TPSA) is 38.7 Å². The molecule has 1 N–H and O–H groups in total. The molecule has 15 heavy (non-hydrogen) atoms. The van der Waals surface area contributed by atoms with Crippen LogP contribution in [0.5, 0.6) is 5.75 Å². The van der Waals surface area contributed by atoms with Crippen molar-refractivity contribution in [2.75, 3.05) is 20.3 Å². The molecule has 1 rings (SSSR count). The van der Waals surface area contributed by atoms with E-state index in [1.807, 2.05) is 32.0 Å². The van der Waals surface area contributed by atoms with E-state index in [0.29, 0.717) is 19.0 Å². The molecule has 84 valence electrons. The quantitative estimate of drug-likeness (QED) is 0.808. The third-order valence-electron chi connectivity index (χ3n) is 2.22. The first kappa shape index (κ1) is 12.0. The lowest BCUT2D eigenvalue weighted by Gasteiger charge is -2.15. The Kier molecular flexibility index (Phi) is 4.59. The summed E-state index contributed by atoms with van der Waals surface area (Å²) in [6.07, 6.45) is -0.625. The number of hydrogen-bond acceptors (Lipinski definition) is 3. The lowest BCUT2D eigenvalue weighted by atomic mass is 10.1. The van der Waals surface area contributed by atoms with Crippen molar-refractivity contribution in [2.24, 2.45) is 0 Å². The van der Waals surface area contributed by atoms with Gasteiger partial charge in [-0.15, -0.1) is 0 Å². The van der Waals surface area contributed by atoms with Gasteiger partial charge in [-0.05, 0) is 26.0 Å². The summed E-state index contributed by atoms with van der Waals surface area (Å²) >= 11 is 0. The lowest BCUT2D eigenvalue weighted by molar-refractivity contribution is 0.0407. The zero-order valence-electron chi connectivity index (χ0n) is 9.49. The van der Waals surface area contributed by atoms with E-state index in [0.717, 1.165) is 11.1 Å². The van der Waals surface area contributed by atoms with Crippen LogP contribution in [0.1, 0.15) is 24.2 Å². The van der Waals surface area contributed by atoms with Crippen LogP contribution in [0.15, 0.2) is 18.2 Å². The van der Waals surface area contributed by atoms with Gasteiger partial charge in [0.05, 0.1) is 13.7 Å². The Morgan fingerprint density at radius 1 is 1.40 bits per heavy atom. The maximum absolute atomic E-state index is 9.88. The van der Waals surface area contributed by atoms with Gasteiger partial charge >= 0.3 is 0 Å². The van der Waals surface area contributed by atoms with Gasteiger partial charge in [-0.1, -0.05) is 11.6 Å². The summed E-state index contributed by atoms with van der Waals surface area (Å²) in [5.74, 6) is 0.702. The molecule has 0 radical (unpaired) electrons. The monoisotopic (exact) mass is 210 g/mol. The number of hydrogen-bond donors (Lipinski definition) is 1. The molecule has 0 saturated carbocycles. The molecule has 1 unspecified atom stereocenters. The van der Waals surface area contributed by atoms with Crippen LogP contribution in [0.3, 0.4) is 0 Å². The average Bonchev–Trinajstić information content (AvgIpc) is 2.25. The molecule has 0 aliphatic heterocycles. The van der Waals surface area contributed by atoms with Gasteiger partial charge in [0.2, 0.25) is 0 Å². The molecule has 0 heterocycles. The Labute approximate surface area is 90.6 Å². The largest absolute Gasteiger partial charge is 0.496 e. The highest BCUT2D eigenvalue weighted by atomic mass is 16.5. The van der Waals surface area contributed by atoms with E-state index in [1.54, 1.807) is 7.11 Å². The zero-order valence-corrected chi connectivity index (χ0v) is 9.49. The summed E-state index contributed by atoms with van der Waals surface area (Å²) in [6, 6.07) is 5.73. The molecule has 0 aliphatic rings. The van der Waals surface area contributed by atoms with Crippen LogP contribution in [0.4, 0.5) is 0 Å². The van der Waals surface area contributed by atoms with E-state index in [-0.39, 0.29) is 0 Å². The Morgan fingerprint density at radius 3 is 2.73 bits per heavy atom. The van der Waals surface area contributed by atoms with E-state index in [2.05, 4.69) is 0 Å². The van der Waals surface area contributed by atoms with E-state index in [9.17, 15) is 5.11 Å². The lowest BCUT2D eigenvalue weighted by Crippen LogP contribution is -2.08. The first-order chi connectivity index (χ1) is 7.19. The number of benzene rings is 1. The van der Waals surface area contributed by atoms with Crippen LogP contribution in [0.25, 0.3) is 0 Å². The van der Waals surface area contributed by atoms with Gasteiger partial charge in [0, 0.05) is 12.2 Å². The highest BCUT2D eigenvalue weighted by molar-refractivity contribution is 5.38. The molecular formula is C12H18O3. The first-order valence-electron chi connectivity index (χ1n) is 5.09. The van der Waals surface area contributed by atoms with Crippen LogP contribution >= 0.6 is 0 Å². The van der Waals surface area contributed by atoms with Gasteiger partial charge in [-0.25, -0.2) is 0 Å². The second kappa shape index (κ2) is 5.73. The summed E-state index contributed by atoms with van der Waals surface area (Å²) in [5.41, 5.74) is 1.88. The van der Waals surface area contributed by atoms with Gasteiger partial charge in [0.25, 0.3) is 0 Å². The standard InChI is InChI=1S/C12H18O3/c1-4-15-8-11(13)10-7-9(2)5-6-12(10)14-3/h5-7,11,13H,4,8H2,1-3H3. The molecule has 1 aromatic rings. The third-order valence-corrected chi connectivity index (χ3v) is 2.22.